The van der Waals surface area contributed by atoms with E-state index in [2.05, 4.69) is 11.9 Å². The Bertz CT molecular complexity index is 890. The van der Waals surface area contributed by atoms with Gasteiger partial charge in [-0.1, -0.05) is 55.8 Å². The van der Waals surface area contributed by atoms with Gasteiger partial charge >= 0.3 is 0 Å². The summed E-state index contributed by atoms with van der Waals surface area (Å²) in [4.78, 5) is 18.6. The Hall–Kier alpha value is -2.98. The molecule has 1 heterocycles. The Morgan fingerprint density at radius 3 is 2.21 bits per heavy atom. The first-order valence-corrected chi connectivity index (χ1v) is 9.62. The van der Waals surface area contributed by atoms with E-state index in [1.165, 1.54) is 0 Å². The van der Waals surface area contributed by atoms with Crippen molar-refractivity contribution in [3.05, 3.63) is 89.7 Å². The SMILES string of the molecule is CCC[C@H](O)c1ccc(-c2ccc(C(=O)N(C)Cc3ccccn3)cc2)cc1. The zero-order valence-electron chi connectivity index (χ0n) is 16.4. The first kappa shape index (κ1) is 19.8. The predicted molar refractivity (Wildman–Crippen MR) is 112 cm³/mol. The summed E-state index contributed by atoms with van der Waals surface area (Å²) in [5.74, 6) is -0.0322. The van der Waals surface area contributed by atoms with E-state index >= 15 is 0 Å². The van der Waals surface area contributed by atoms with Gasteiger partial charge in [0.1, 0.15) is 0 Å². The molecule has 144 valence electrons. The van der Waals surface area contributed by atoms with Crippen LogP contribution in [0.15, 0.2) is 72.9 Å². The lowest BCUT2D eigenvalue weighted by Gasteiger charge is -2.17. The number of hydrogen-bond donors (Lipinski definition) is 1. The van der Waals surface area contributed by atoms with Crippen molar-refractivity contribution < 1.29 is 9.90 Å². The number of aliphatic hydroxyl groups excluding tert-OH is 1. The molecule has 0 bridgehead atoms. The van der Waals surface area contributed by atoms with Gasteiger partial charge in [-0.3, -0.25) is 9.78 Å². The van der Waals surface area contributed by atoms with Crippen molar-refractivity contribution in [2.75, 3.05) is 7.05 Å². The fourth-order valence-electron chi connectivity index (χ4n) is 3.17. The lowest BCUT2D eigenvalue weighted by atomic mass is 9.99. The number of nitrogens with zero attached hydrogens (tertiary/aromatic N) is 2. The summed E-state index contributed by atoms with van der Waals surface area (Å²) in [6.07, 6.45) is 3.04. The molecule has 0 fully saturated rings. The lowest BCUT2D eigenvalue weighted by Crippen LogP contribution is -2.26. The summed E-state index contributed by atoms with van der Waals surface area (Å²) >= 11 is 0. The van der Waals surface area contributed by atoms with Crippen LogP contribution < -0.4 is 0 Å². The van der Waals surface area contributed by atoms with Crippen LogP contribution in [0, 0.1) is 0 Å². The molecule has 3 aromatic rings. The minimum atomic E-state index is -0.409. The molecule has 1 atom stereocenters. The van der Waals surface area contributed by atoms with Crippen LogP contribution >= 0.6 is 0 Å². The largest absolute Gasteiger partial charge is 0.388 e. The van der Waals surface area contributed by atoms with Gasteiger partial charge in [-0.05, 0) is 47.4 Å². The normalized spacial score (nSPS) is 11.8. The van der Waals surface area contributed by atoms with E-state index < -0.39 is 6.10 Å². The number of hydrogen-bond acceptors (Lipinski definition) is 3. The van der Waals surface area contributed by atoms with Crippen molar-refractivity contribution >= 4 is 5.91 Å². The van der Waals surface area contributed by atoms with Crippen LogP contribution in [-0.4, -0.2) is 27.9 Å². The van der Waals surface area contributed by atoms with Crippen molar-refractivity contribution in [3.63, 3.8) is 0 Å². The molecular formula is C24H26N2O2. The summed E-state index contributed by atoms with van der Waals surface area (Å²) in [6.45, 7) is 2.54. The standard InChI is InChI=1S/C24H26N2O2/c1-3-6-23(27)20-12-8-18(9-13-20)19-10-14-21(15-11-19)24(28)26(2)17-22-7-4-5-16-25-22/h4-5,7-16,23,27H,3,6,17H2,1-2H3/t23-/m0/s1. The first-order valence-electron chi connectivity index (χ1n) is 9.62. The zero-order valence-corrected chi connectivity index (χ0v) is 16.4. The van der Waals surface area contributed by atoms with Crippen LogP contribution in [0.3, 0.4) is 0 Å². The Morgan fingerprint density at radius 1 is 1.00 bits per heavy atom. The van der Waals surface area contributed by atoms with E-state index in [-0.39, 0.29) is 5.91 Å². The molecule has 3 rings (SSSR count). The maximum Gasteiger partial charge on any atom is 0.253 e. The maximum atomic E-state index is 12.6. The average Bonchev–Trinajstić information content (AvgIpc) is 2.74. The lowest BCUT2D eigenvalue weighted by molar-refractivity contribution is 0.0783. The van der Waals surface area contributed by atoms with Gasteiger partial charge in [0.25, 0.3) is 5.91 Å². The van der Waals surface area contributed by atoms with Gasteiger partial charge in [-0.2, -0.15) is 0 Å². The molecule has 2 aromatic carbocycles. The first-order chi connectivity index (χ1) is 13.6. The molecule has 0 radical (unpaired) electrons. The molecule has 4 nitrogen and oxygen atoms in total. The second kappa shape index (κ2) is 9.29. The van der Waals surface area contributed by atoms with Crippen molar-refractivity contribution in [2.24, 2.45) is 0 Å². The van der Waals surface area contributed by atoms with Gasteiger partial charge in [0, 0.05) is 18.8 Å². The van der Waals surface area contributed by atoms with Gasteiger partial charge in [0.2, 0.25) is 0 Å². The zero-order chi connectivity index (χ0) is 19.9. The molecule has 0 spiro atoms. The molecule has 28 heavy (non-hydrogen) atoms. The number of carbonyl (C=O) groups is 1. The van der Waals surface area contributed by atoms with Crippen molar-refractivity contribution in [2.45, 2.75) is 32.4 Å². The van der Waals surface area contributed by atoms with E-state index in [4.69, 9.17) is 0 Å². The summed E-state index contributed by atoms with van der Waals surface area (Å²) < 4.78 is 0. The third-order valence-corrected chi connectivity index (χ3v) is 4.79. The number of aromatic nitrogens is 1. The number of benzene rings is 2. The van der Waals surface area contributed by atoms with E-state index in [1.807, 2.05) is 66.7 Å². The predicted octanol–water partition coefficient (Wildman–Crippen LogP) is 4.85. The highest BCUT2D eigenvalue weighted by Crippen LogP contribution is 2.24. The molecule has 1 aromatic heterocycles. The highest BCUT2D eigenvalue weighted by Gasteiger charge is 2.13. The number of amides is 1. The molecular weight excluding hydrogens is 348 g/mol. The van der Waals surface area contributed by atoms with E-state index in [0.717, 1.165) is 35.2 Å². The summed E-state index contributed by atoms with van der Waals surface area (Å²) in [5.41, 5.74) is 4.56. The second-order valence-electron chi connectivity index (χ2n) is 6.99. The Morgan fingerprint density at radius 2 is 1.64 bits per heavy atom. The molecule has 0 aliphatic heterocycles. The molecule has 0 aliphatic carbocycles. The second-order valence-corrected chi connectivity index (χ2v) is 6.99. The Balaban J connectivity index is 1.68. The van der Waals surface area contributed by atoms with Gasteiger partial charge in [-0.25, -0.2) is 0 Å². The van der Waals surface area contributed by atoms with Gasteiger partial charge in [0.05, 0.1) is 18.3 Å². The highest BCUT2D eigenvalue weighted by atomic mass is 16.3. The highest BCUT2D eigenvalue weighted by molar-refractivity contribution is 5.94. The smallest absolute Gasteiger partial charge is 0.253 e. The van der Waals surface area contributed by atoms with Crippen molar-refractivity contribution in [3.8, 4) is 11.1 Å². The van der Waals surface area contributed by atoms with Gasteiger partial charge < -0.3 is 10.0 Å². The average molecular weight is 374 g/mol. The van der Waals surface area contributed by atoms with Crippen molar-refractivity contribution in [1.82, 2.24) is 9.88 Å². The summed E-state index contributed by atoms with van der Waals surface area (Å²) in [7, 11) is 1.78. The number of rotatable bonds is 7. The molecule has 0 unspecified atom stereocenters. The minimum absolute atomic E-state index is 0.0322. The Labute approximate surface area is 166 Å². The van der Waals surface area contributed by atoms with Crippen LogP contribution in [0.1, 0.15) is 47.5 Å². The monoisotopic (exact) mass is 374 g/mol. The van der Waals surface area contributed by atoms with E-state index in [1.54, 1.807) is 18.1 Å². The third-order valence-electron chi connectivity index (χ3n) is 4.79. The van der Waals surface area contributed by atoms with E-state index in [0.29, 0.717) is 12.1 Å². The quantitative estimate of drug-likeness (QED) is 0.643. The fraction of sp³-hybridized carbons (Fsp3) is 0.250. The molecule has 0 aliphatic rings. The third kappa shape index (κ3) is 4.84. The van der Waals surface area contributed by atoms with Crippen LogP contribution in [-0.2, 0) is 6.54 Å². The topological polar surface area (TPSA) is 53.4 Å². The maximum absolute atomic E-state index is 12.6. The molecule has 1 N–H and O–H groups in total. The fourth-order valence-corrected chi connectivity index (χ4v) is 3.17. The molecule has 0 saturated heterocycles. The number of aliphatic hydroxyl groups is 1. The van der Waals surface area contributed by atoms with Crippen LogP contribution in [0.2, 0.25) is 0 Å². The molecule has 0 saturated carbocycles. The Kier molecular flexibility index (Phi) is 6.56. The molecule has 1 amide bonds. The summed E-state index contributed by atoms with van der Waals surface area (Å²) in [5, 5.41) is 10.1. The number of carbonyl (C=O) groups excluding carboxylic acids is 1. The van der Waals surface area contributed by atoms with Crippen LogP contribution in [0.25, 0.3) is 11.1 Å². The van der Waals surface area contributed by atoms with Gasteiger partial charge in [0.15, 0.2) is 0 Å². The van der Waals surface area contributed by atoms with Crippen molar-refractivity contribution in [1.29, 1.82) is 0 Å². The number of pyridine rings is 1. The molecule has 4 heteroatoms. The summed E-state index contributed by atoms with van der Waals surface area (Å²) in [6, 6.07) is 21.3. The minimum Gasteiger partial charge on any atom is -0.388 e. The van der Waals surface area contributed by atoms with E-state index in [9.17, 15) is 9.90 Å². The van der Waals surface area contributed by atoms with Crippen LogP contribution in [0.5, 0.6) is 0 Å². The van der Waals surface area contributed by atoms with Gasteiger partial charge in [-0.15, -0.1) is 0 Å². The van der Waals surface area contributed by atoms with Crippen LogP contribution in [0.4, 0.5) is 0 Å².